The third-order valence-electron chi connectivity index (χ3n) is 2.30. The summed E-state index contributed by atoms with van der Waals surface area (Å²) in [5.41, 5.74) is -0.702. The van der Waals surface area contributed by atoms with E-state index >= 15 is 0 Å². The monoisotopic (exact) mass is 347 g/mol. The highest BCUT2D eigenvalue weighted by molar-refractivity contribution is 9.10. The van der Waals surface area contributed by atoms with Crippen molar-refractivity contribution in [1.82, 2.24) is 0 Å². The van der Waals surface area contributed by atoms with E-state index in [9.17, 15) is 17.2 Å². The first kappa shape index (κ1) is 14.0. The minimum Gasteiger partial charge on any atom is -0.274 e. The van der Waals surface area contributed by atoms with Crippen molar-refractivity contribution in [3.63, 3.8) is 0 Å². The summed E-state index contributed by atoms with van der Waals surface area (Å²) in [6.07, 6.45) is 0. The number of benzene rings is 2. The molecule has 0 radical (unpaired) electrons. The SMILES string of the molecule is O=S(=O)(Nc1c(F)cc(Br)cc1F)c1ccccc1. The van der Waals surface area contributed by atoms with Gasteiger partial charge in [0.1, 0.15) is 5.69 Å². The zero-order chi connectivity index (χ0) is 14.0. The van der Waals surface area contributed by atoms with Crippen molar-refractivity contribution < 1.29 is 17.2 Å². The molecule has 0 aliphatic carbocycles. The van der Waals surface area contributed by atoms with Gasteiger partial charge in [-0.05, 0) is 24.3 Å². The highest BCUT2D eigenvalue weighted by Gasteiger charge is 2.19. The summed E-state index contributed by atoms with van der Waals surface area (Å²) in [7, 11) is -4.02. The van der Waals surface area contributed by atoms with Crippen LogP contribution in [0.15, 0.2) is 51.8 Å². The molecule has 100 valence electrons. The van der Waals surface area contributed by atoms with E-state index in [4.69, 9.17) is 0 Å². The van der Waals surface area contributed by atoms with Crippen LogP contribution in [0.2, 0.25) is 0 Å². The van der Waals surface area contributed by atoms with Gasteiger partial charge in [-0.3, -0.25) is 4.72 Å². The van der Waals surface area contributed by atoms with Crippen LogP contribution >= 0.6 is 15.9 Å². The van der Waals surface area contributed by atoms with E-state index in [1.54, 1.807) is 6.07 Å². The maximum Gasteiger partial charge on any atom is 0.262 e. The van der Waals surface area contributed by atoms with E-state index in [-0.39, 0.29) is 9.37 Å². The van der Waals surface area contributed by atoms with Gasteiger partial charge >= 0.3 is 0 Å². The second-order valence-corrected chi connectivity index (χ2v) is 6.26. The molecule has 0 aliphatic rings. The molecule has 0 heterocycles. The van der Waals surface area contributed by atoms with E-state index < -0.39 is 27.3 Å². The smallest absolute Gasteiger partial charge is 0.262 e. The molecule has 1 N–H and O–H groups in total. The fourth-order valence-electron chi connectivity index (χ4n) is 1.43. The zero-order valence-electron chi connectivity index (χ0n) is 9.40. The Kier molecular flexibility index (Phi) is 3.86. The molecule has 0 saturated heterocycles. The van der Waals surface area contributed by atoms with Gasteiger partial charge in [0, 0.05) is 4.47 Å². The summed E-state index contributed by atoms with van der Waals surface area (Å²) < 4.78 is 53.1. The average molecular weight is 348 g/mol. The molecule has 2 aromatic carbocycles. The fraction of sp³-hybridized carbons (Fsp3) is 0. The van der Waals surface area contributed by atoms with Crippen molar-refractivity contribution in [3.8, 4) is 0 Å². The average Bonchev–Trinajstić information content (AvgIpc) is 2.35. The Balaban J connectivity index is 2.42. The van der Waals surface area contributed by atoms with Crippen molar-refractivity contribution in [1.29, 1.82) is 0 Å². The number of hydrogen-bond acceptors (Lipinski definition) is 2. The molecule has 0 aromatic heterocycles. The Morgan fingerprint density at radius 3 is 2.05 bits per heavy atom. The van der Waals surface area contributed by atoms with Crippen LogP contribution in [-0.4, -0.2) is 8.42 Å². The number of hydrogen-bond donors (Lipinski definition) is 1. The van der Waals surface area contributed by atoms with Crippen LogP contribution in [0.5, 0.6) is 0 Å². The van der Waals surface area contributed by atoms with E-state index in [2.05, 4.69) is 15.9 Å². The van der Waals surface area contributed by atoms with Crippen molar-refractivity contribution in [2.24, 2.45) is 0 Å². The third-order valence-corrected chi connectivity index (χ3v) is 4.12. The van der Waals surface area contributed by atoms with E-state index in [0.29, 0.717) is 0 Å². The van der Waals surface area contributed by atoms with Crippen LogP contribution in [0.25, 0.3) is 0 Å². The number of anilines is 1. The molecule has 7 heteroatoms. The van der Waals surface area contributed by atoms with Crippen LogP contribution in [-0.2, 0) is 10.0 Å². The van der Waals surface area contributed by atoms with Gasteiger partial charge in [-0.2, -0.15) is 0 Å². The van der Waals surface area contributed by atoms with Crippen LogP contribution < -0.4 is 4.72 Å². The van der Waals surface area contributed by atoms with Gasteiger partial charge in [0.05, 0.1) is 4.90 Å². The van der Waals surface area contributed by atoms with Gasteiger partial charge in [0.25, 0.3) is 10.0 Å². The predicted octanol–water partition coefficient (Wildman–Crippen LogP) is 3.53. The normalized spacial score (nSPS) is 11.3. The van der Waals surface area contributed by atoms with Crippen molar-refractivity contribution in [2.45, 2.75) is 4.90 Å². The van der Waals surface area contributed by atoms with Crippen molar-refractivity contribution in [3.05, 3.63) is 58.6 Å². The van der Waals surface area contributed by atoms with Gasteiger partial charge in [-0.15, -0.1) is 0 Å². The summed E-state index contributed by atoms with van der Waals surface area (Å²) in [5, 5.41) is 0. The molecule has 0 unspecified atom stereocenters. The summed E-state index contributed by atoms with van der Waals surface area (Å²) in [6, 6.07) is 9.29. The van der Waals surface area contributed by atoms with E-state index in [1.165, 1.54) is 24.3 Å². The third kappa shape index (κ3) is 3.10. The Morgan fingerprint density at radius 2 is 1.53 bits per heavy atom. The van der Waals surface area contributed by atoms with Crippen LogP contribution in [0.4, 0.5) is 14.5 Å². The molecular formula is C12H8BrF2NO2S. The van der Waals surface area contributed by atoms with Gasteiger partial charge < -0.3 is 0 Å². The lowest BCUT2D eigenvalue weighted by Gasteiger charge is -2.10. The number of sulfonamides is 1. The topological polar surface area (TPSA) is 46.2 Å². The lowest BCUT2D eigenvalue weighted by Crippen LogP contribution is -2.15. The highest BCUT2D eigenvalue weighted by atomic mass is 79.9. The first-order valence-corrected chi connectivity index (χ1v) is 7.40. The Bertz CT molecular complexity index is 682. The Hall–Kier alpha value is -1.47. The quantitative estimate of drug-likeness (QED) is 0.923. The summed E-state index contributed by atoms with van der Waals surface area (Å²) >= 11 is 2.91. The molecule has 0 fully saturated rings. The first-order valence-electron chi connectivity index (χ1n) is 5.12. The molecule has 0 amide bonds. The molecule has 2 rings (SSSR count). The fourth-order valence-corrected chi connectivity index (χ4v) is 2.93. The van der Waals surface area contributed by atoms with Crippen LogP contribution in [0.1, 0.15) is 0 Å². The molecule has 19 heavy (non-hydrogen) atoms. The van der Waals surface area contributed by atoms with Crippen LogP contribution in [0, 0.1) is 11.6 Å². The van der Waals surface area contributed by atoms with Crippen molar-refractivity contribution >= 4 is 31.6 Å². The lowest BCUT2D eigenvalue weighted by atomic mass is 10.3. The van der Waals surface area contributed by atoms with Gasteiger partial charge in [0.2, 0.25) is 0 Å². The predicted molar refractivity (Wildman–Crippen MR) is 71.3 cm³/mol. The first-order chi connectivity index (χ1) is 8.90. The molecule has 0 atom stereocenters. The summed E-state index contributed by atoms with van der Waals surface area (Å²) in [5.74, 6) is -1.99. The number of rotatable bonds is 3. The minimum atomic E-state index is -4.02. The maximum atomic E-state index is 13.6. The molecule has 0 saturated carbocycles. The molecule has 2 aromatic rings. The summed E-state index contributed by atoms with van der Waals surface area (Å²) in [6.45, 7) is 0. The maximum absolute atomic E-state index is 13.6. The molecule has 0 aliphatic heterocycles. The van der Waals surface area contributed by atoms with Crippen LogP contribution in [0.3, 0.4) is 0 Å². The Morgan fingerprint density at radius 1 is 1.00 bits per heavy atom. The Labute approximate surface area is 117 Å². The number of nitrogens with one attached hydrogen (secondary N) is 1. The second-order valence-electron chi connectivity index (χ2n) is 3.66. The molecule has 0 bridgehead atoms. The highest BCUT2D eigenvalue weighted by Crippen LogP contribution is 2.26. The lowest BCUT2D eigenvalue weighted by molar-refractivity contribution is 0.582. The van der Waals surface area contributed by atoms with Gasteiger partial charge in [0.15, 0.2) is 11.6 Å². The molecule has 3 nitrogen and oxygen atoms in total. The van der Waals surface area contributed by atoms with Gasteiger partial charge in [-0.1, -0.05) is 34.1 Å². The standard InChI is InChI=1S/C12H8BrF2NO2S/c13-8-6-10(14)12(11(15)7-8)16-19(17,18)9-4-2-1-3-5-9/h1-7,16H. The molecule has 0 spiro atoms. The van der Waals surface area contributed by atoms with E-state index in [0.717, 1.165) is 12.1 Å². The zero-order valence-corrected chi connectivity index (χ0v) is 11.8. The van der Waals surface area contributed by atoms with E-state index in [1.807, 2.05) is 4.72 Å². The second kappa shape index (κ2) is 5.26. The van der Waals surface area contributed by atoms with Gasteiger partial charge in [-0.25, -0.2) is 17.2 Å². The largest absolute Gasteiger partial charge is 0.274 e. The van der Waals surface area contributed by atoms with Crippen molar-refractivity contribution in [2.75, 3.05) is 4.72 Å². The summed E-state index contributed by atoms with van der Waals surface area (Å²) in [4.78, 5) is -0.0725. The number of halogens is 3. The molecular weight excluding hydrogens is 340 g/mol. The minimum absolute atomic E-state index is 0.0725.